The van der Waals surface area contributed by atoms with E-state index in [0.717, 1.165) is 0 Å². The Morgan fingerprint density at radius 1 is 0.500 bits per heavy atom. The number of carbonyl (C=O) groups is 4. The molecule has 0 bridgehead atoms. The van der Waals surface area contributed by atoms with Crippen LogP contribution in [0, 0.1) is 0 Å². The molecule has 2 aliphatic heterocycles. The lowest BCUT2D eigenvalue weighted by atomic mass is 9.91. The molecule has 0 saturated carbocycles. The zero-order valence-corrected chi connectivity index (χ0v) is 11.1. The third-order valence-electron chi connectivity index (χ3n) is 3.82. The second-order valence-corrected chi connectivity index (χ2v) is 5.02. The molecule has 0 radical (unpaired) electrons. The highest BCUT2D eigenvalue weighted by Crippen LogP contribution is 2.34. The van der Waals surface area contributed by atoms with Gasteiger partial charge in [0.05, 0.1) is 22.3 Å². The highest BCUT2D eigenvalue weighted by Gasteiger charge is 2.34. The van der Waals surface area contributed by atoms with E-state index in [0.29, 0.717) is 11.1 Å². The molecular formula is C16H8N2O4. The summed E-state index contributed by atoms with van der Waals surface area (Å²) >= 11 is 0. The smallest absolute Gasteiger partial charge is 0.259 e. The largest absolute Gasteiger partial charge is 0.288 e. The molecule has 0 atom stereocenters. The van der Waals surface area contributed by atoms with Crippen LogP contribution in [0.5, 0.6) is 0 Å². The van der Waals surface area contributed by atoms with E-state index in [2.05, 4.69) is 10.6 Å². The normalized spacial score (nSPS) is 15.5. The summed E-state index contributed by atoms with van der Waals surface area (Å²) in [5, 5.41) is 4.47. The Hall–Kier alpha value is -3.28. The summed E-state index contributed by atoms with van der Waals surface area (Å²) in [6, 6.07) is 9.69. The molecule has 4 rings (SSSR count). The zero-order chi connectivity index (χ0) is 15.4. The SMILES string of the molecule is O=C1NC(=O)c2c1cccc2-c1cccc2c1C(=O)NC2=O. The van der Waals surface area contributed by atoms with Crippen molar-refractivity contribution in [3.63, 3.8) is 0 Å². The second kappa shape index (κ2) is 4.11. The summed E-state index contributed by atoms with van der Waals surface area (Å²) in [5.41, 5.74) is 1.92. The van der Waals surface area contributed by atoms with Gasteiger partial charge in [0, 0.05) is 0 Å². The first-order valence-corrected chi connectivity index (χ1v) is 6.55. The topological polar surface area (TPSA) is 92.3 Å². The zero-order valence-electron chi connectivity index (χ0n) is 11.1. The lowest BCUT2D eigenvalue weighted by Gasteiger charge is -2.09. The summed E-state index contributed by atoms with van der Waals surface area (Å²) in [4.78, 5) is 47.5. The van der Waals surface area contributed by atoms with Crippen molar-refractivity contribution in [1.82, 2.24) is 10.6 Å². The van der Waals surface area contributed by atoms with Crippen molar-refractivity contribution in [2.45, 2.75) is 0 Å². The molecule has 2 aromatic carbocycles. The molecule has 22 heavy (non-hydrogen) atoms. The van der Waals surface area contributed by atoms with E-state index in [1.807, 2.05) is 0 Å². The van der Waals surface area contributed by atoms with Gasteiger partial charge in [-0.3, -0.25) is 29.8 Å². The first-order valence-electron chi connectivity index (χ1n) is 6.55. The Bertz CT molecular complexity index is 839. The fourth-order valence-corrected chi connectivity index (χ4v) is 2.89. The monoisotopic (exact) mass is 292 g/mol. The third-order valence-corrected chi connectivity index (χ3v) is 3.82. The number of imide groups is 2. The van der Waals surface area contributed by atoms with E-state index in [4.69, 9.17) is 0 Å². The van der Waals surface area contributed by atoms with Gasteiger partial charge in [0.15, 0.2) is 0 Å². The van der Waals surface area contributed by atoms with Gasteiger partial charge in [-0.05, 0) is 23.3 Å². The Morgan fingerprint density at radius 3 is 1.27 bits per heavy atom. The lowest BCUT2D eigenvalue weighted by Crippen LogP contribution is -2.20. The molecule has 0 unspecified atom stereocenters. The average Bonchev–Trinajstić information content (AvgIpc) is 2.97. The highest BCUT2D eigenvalue weighted by atomic mass is 16.2. The fourth-order valence-electron chi connectivity index (χ4n) is 2.89. The van der Waals surface area contributed by atoms with E-state index < -0.39 is 23.6 Å². The quantitative estimate of drug-likeness (QED) is 0.770. The molecule has 0 aromatic heterocycles. The van der Waals surface area contributed by atoms with E-state index in [9.17, 15) is 19.2 Å². The van der Waals surface area contributed by atoms with Gasteiger partial charge in [-0.1, -0.05) is 24.3 Å². The van der Waals surface area contributed by atoms with Gasteiger partial charge in [0.25, 0.3) is 23.6 Å². The molecule has 6 nitrogen and oxygen atoms in total. The van der Waals surface area contributed by atoms with Crippen LogP contribution < -0.4 is 10.6 Å². The van der Waals surface area contributed by atoms with Gasteiger partial charge in [0.1, 0.15) is 0 Å². The van der Waals surface area contributed by atoms with Crippen LogP contribution in [-0.4, -0.2) is 23.6 Å². The van der Waals surface area contributed by atoms with Crippen LogP contribution in [-0.2, 0) is 0 Å². The van der Waals surface area contributed by atoms with E-state index in [1.165, 1.54) is 0 Å². The van der Waals surface area contributed by atoms with Gasteiger partial charge in [-0.2, -0.15) is 0 Å². The third kappa shape index (κ3) is 1.49. The van der Waals surface area contributed by atoms with Crippen molar-refractivity contribution in [2.75, 3.05) is 0 Å². The van der Waals surface area contributed by atoms with Crippen molar-refractivity contribution in [3.05, 3.63) is 58.7 Å². The molecule has 0 aliphatic carbocycles. The predicted molar refractivity (Wildman–Crippen MR) is 75.5 cm³/mol. The molecule has 2 N–H and O–H groups in total. The highest BCUT2D eigenvalue weighted by molar-refractivity contribution is 6.27. The molecule has 6 heteroatoms. The van der Waals surface area contributed by atoms with Crippen molar-refractivity contribution >= 4 is 23.6 Å². The molecule has 0 spiro atoms. The maximum Gasteiger partial charge on any atom is 0.259 e. The number of amides is 4. The van der Waals surface area contributed by atoms with E-state index >= 15 is 0 Å². The minimum atomic E-state index is -0.502. The lowest BCUT2D eigenvalue weighted by molar-refractivity contribution is 0.0862. The number of nitrogens with one attached hydrogen (secondary N) is 2. The first-order chi connectivity index (χ1) is 10.6. The van der Waals surface area contributed by atoms with Crippen LogP contribution in [0.2, 0.25) is 0 Å². The number of benzene rings is 2. The first kappa shape index (κ1) is 12.5. The number of rotatable bonds is 1. The van der Waals surface area contributed by atoms with Crippen LogP contribution in [0.25, 0.3) is 11.1 Å². The Balaban J connectivity index is 2.04. The summed E-state index contributed by atoms with van der Waals surface area (Å²) in [7, 11) is 0. The van der Waals surface area contributed by atoms with Gasteiger partial charge < -0.3 is 0 Å². The minimum absolute atomic E-state index is 0.230. The Morgan fingerprint density at radius 2 is 0.864 bits per heavy atom. The molecule has 2 aromatic rings. The summed E-state index contributed by atoms with van der Waals surface area (Å²) in [6.45, 7) is 0. The summed E-state index contributed by atoms with van der Waals surface area (Å²) in [6.07, 6.45) is 0. The summed E-state index contributed by atoms with van der Waals surface area (Å²) < 4.78 is 0. The molecular weight excluding hydrogens is 284 g/mol. The van der Waals surface area contributed by atoms with Gasteiger partial charge in [0.2, 0.25) is 0 Å². The van der Waals surface area contributed by atoms with Crippen LogP contribution in [0.15, 0.2) is 36.4 Å². The van der Waals surface area contributed by atoms with Gasteiger partial charge in [-0.15, -0.1) is 0 Å². The second-order valence-electron chi connectivity index (χ2n) is 5.02. The van der Waals surface area contributed by atoms with Crippen molar-refractivity contribution in [3.8, 4) is 11.1 Å². The molecule has 0 fully saturated rings. The average molecular weight is 292 g/mol. The van der Waals surface area contributed by atoms with Gasteiger partial charge in [-0.25, -0.2) is 0 Å². The molecule has 0 saturated heterocycles. The van der Waals surface area contributed by atoms with E-state index in [1.54, 1.807) is 36.4 Å². The van der Waals surface area contributed by atoms with Crippen LogP contribution in [0.4, 0.5) is 0 Å². The van der Waals surface area contributed by atoms with Gasteiger partial charge >= 0.3 is 0 Å². The summed E-state index contributed by atoms with van der Waals surface area (Å²) in [5.74, 6) is -1.93. The van der Waals surface area contributed by atoms with Crippen molar-refractivity contribution in [2.24, 2.45) is 0 Å². The Labute approximate surface area is 124 Å². The maximum atomic E-state index is 12.0. The predicted octanol–water partition coefficient (Wildman–Crippen LogP) is 1.12. The number of carbonyl (C=O) groups excluding carboxylic acids is 4. The fraction of sp³-hybridized carbons (Fsp3) is 0. The van der Waals surface area contributed by atoms with Crippen LogP contribution in [0.3, 0.4) is 0 Å². The Kier molecular flexibility index (Phi) is 2.33. The minimum Gasteiger partial charge on any atom is -0.288 e. The van der Waals surface area contributed by atoms with Crippen LogP contribution >= 0.6 is 0 Å². The molecule has 4 amide bonds. The molecule has 2 heterocycles. The number of fused-ring (bicyclic) bond motifs is 2. The van der Waals surface area contributed by atoms with E-state index in [-0.39, 0.29) is 22.3 Å². The molecule has 2 aliphatic rings. The molecule has 106 valence electrons. The van der Waals surface area contributed by atoms with Crippen LogP contribution in [0.1, 0.15) is 41.4 Å². The van der Waals surface area contributed by atoms with Crippen molar-refractivity contribution < 1.29 is 19.2 Å². The van der Waals surface area contributed by atoms with Crippen molar-refractivity contribution in [1.29, 1.82) is 0 Å². The number of hydrogen-bond acceptors (Lipinski definition) is 4. The number of hydrogen-bond donors (Lipinski definition) is 2. The standard InChI is InChI=1S/C16H8N2O4/c19-13-9-5-1-3-7(11(9)15(21)17-13)8-4-2-6-10-12(8)16(22)18-14(10)20/h1-6H,(H,17,19,21)(H,18,20,22). The maximum absolute atomic E-state index is 12.0.